The number of carbonyl (C=O) groups excluding carboxylic acids is 2. The first kappa shape index (κ1) is 20.0. The van der Waals surface area contributed by atoms with Crippen molar-refractivity contribution in [2.75, 3.05) is 4.90 Å². The number of rotatable bonds is 5. The molecule has 0 aromatic heterocycles. The van der Waals surface area contributed by atoms with Crippen LogP contribution in [-0.4, -0.2) is 11.9 Å². The summed E-state index contributed by atoms with van der Waals surface area (Å²) in [6, 6.07) is 20.8. The van der Waals surface area contributed by atoms with E-state index >= 15 is 0 Å². The van der Waals surface area contributed by atoms with Crippen LogP contribution in [0.15, 0.2) is 78.5 Å². The van der Waals surface area contributed by atoms with Crippen molar-refractivity contribution >= 4 is 46.9 Å². The van der Waals surface area contributed by atoms with Gasteiger partial charge in [-0.05, 0) is 42.0 Å². The van der Waals surface area contributed by atoms with Crippen LogP contribution in [-0.2, 0) is 11.4 Å². The number of para-hydroxylation sites is 2. The zero-order valence-corrected chi connectivity index (χ0v) is 17.2. The third kappa shape index (κ3) is 4.17. The molecule has 0 atom stereocenters. The van der Waals surface area contributed by atoms with Crippen molar-refractivity contribution in [1.29, 1.82) is 0 Å². The first-order valence-electron chi connectivity index (χ1n) is 9.11. The Labute approximate surface area is 183 Å². The van der Waals surface area contributed by atoms with Gasteiger partial charge in [-0.3, -0.25) is 4.79 Å². The number of ether oxygens (including phenoxy) is 1. The molecular weight excluding hydrogens is 423 g/mol. The molecule has 30 heavy (non-hydrogen) atoms. The summed E-state index contributed by atoms with van der Waals surface area (Å²) in [7, 11) is 0. The van der Waals surface area contributed by atoms with Gasteiger partial charge in [0.25, 0.3) is 5.91 Å². The lowest BCUT2D eigenvalue weighted by Crippen LogP contribution is -2.30. The van der Waals surface area contributed by atoms with E-state index in [0.29, 0.717) is 27.0 Å². The van der Waals surface area contributed by atoms with Crippen molar-refractivity contribution in [3.8, 4) is 5.75 Å². The topological polar surface area (TPSA) is 58.6 Å². The zero-order valence-electron chi connectivity index (χ0n) is 15.6. The maximum absolute atomic E-state index is 12.8. The molecular formula is C23H16Cl2N2O3. The molecule has 0 aliphatic carbocycles. The summed E-state index contributed by atoms with van der Waals surface area (Å²) in [5.41, 5.74) is 2.20. The van der Waals surface area contributed by atoms with Crippen LogP contribution in [0.2, 0.25) is 10.0 Å². The van der Waals surface area contributed by atoms with Crippen LogP contribution in [0.3, 0.4) is 0 Å². The molecule has 0 bridgehead atoms. The van der Waals surface area contributed by atoms with Crippen molar-refractivity contribution in [1.82, 2.24) is 5.32 Å². The molecule has 0 radical (unpaired) electrons. The summed E-state index contributed by atoms with van der Waals surface area (Å²) in [6.07, 6.45) is 1.60. The Kier molecular flexibility index (Phi) is 5.74. The van der Waals surface area contributed by atoms with Crippen LogP contribution in [0.1, 0.15) is 11.1 Å². The Hall–Kier alpha value is -3.28. The van der Waals surface area contributed by atoms with E-state index in [4.69, 9.17) is 27.9 Å². The standard InChI is InChI=1S/C23H16Cl2N2O3/c24-18-11-10-15(12-19(18)25)14-30-21-9-5-4-6-16(21)13-20-22(28)27(23(29)26-20)17-7-2-1-3-8-17/h1-13H,14H2,(H,26,29). The van der Waals surface area contributed by atoms with Crippen molar-refractivity contribution < 1.29 is 14.3 Å². The maximum Gasteiger partial charge on any atom is 0.333 e. The van der Waals surface area contributed by atoms with E-state index in [9.17, 15) is 9.59 Å². The fourth-order valence-electron chi connectivity index (χ4n) is 3.02. The van der Waals surface area contributed by atoms with E-state index in [0.717, 1.165) is 10.5 Å². The number of hydrogen-bond acceptors (Lipinski definition) is 3. The highest BCUT2D eigenvalue weighted by Gasteiger charge is 2.34. The van der Waals surface area contributed by atoms with Crippen molar-refractivity contribution in [2.45, 2.75) is 6.61 Å². The van der Waals surface area contributed by atoms with Crippen LogP contribution in [0.5, 0.6) is 5.75 Å². The molecule has 150 valence electrons. The Morgan fingerprint density at radius 3 is 2.40 bits per heavy atom. The average molecular weight is 439 g/mol. The monoisotopic (exact) mass is 438 g/mol. The first-order chi connectivity index (χ1) is 14.5. The van der Waals surface area contributed by atoms with Gasteiger partial charge in [-0.25, -0.2) is 9.69 Å². The molecule has 7 heteroatoms. The predicted octanol–water partition coefficient (Wildman–Crippen LogP) is 5.67. The van der Waals surface area contributed by atoms with Crippen molar-refractivity contribution in [2.24, 2.45) is 0 Å². The molecule has 0 unspecified atom stereocenters. The number of carbonyl (C=O) groups is 2. The molecule has 3 amide bonds. The number of amides is 3. The Morgan fingerprint density at radius 1 is 0.900 bits per heavy atom. The van der Waals surface area contributed by atoms with Gasteiger partial charge >= 0.3 is 6.03 Å². The van der Waals surface area contributed by atoms with E-state index in [1.54, 1.807) is 48.5 Å². The summed E-state index contributed by atoms with van der Waals surface area (Å²) in [5, 5.41) is 3.55. The quantitative estimate of drug-likeness (QED) is 0.412. The van der Waals surface area contributed by atoms with Crippen molar-refractivity contribution in [3.05, 3.63) is 99.7 Å². The second kappa shape index (κ2) is 8.61. The molecule has 1 aliphatic rings. The molecule has 3 aromatic rings. The van der Waals surface area contributed by atoms with Gasteiger partial charge in [-0.15, -0.1) is 0 Å². The van der Waals surface area contributed by atoms with Crippen molar-refractivity contribution in [3.63, 3.8) is 0 Å². The zero-order chi connectivity index (χ0) is 21.1. The molecule has 3 aromatic carbocycles. The van der Waals surface area contributed by atoms with E-state index < -0.39 is 11.9 Å². The normalized spacial score (nSPS) is 14.9. The van der Waals surface area contributed by atoms with E-state index in [-0.39, 0.29) is 12.3 Å². The number of nitrogens with zero attached hydrogens (tertiary/aromatic N) is 1. The SMILES string of the molecule is O=C1NC(=Cc2ccccc2OCc2ccc(Cl)c(Cl)c2)C(=O)N1c1ccccc1. The van der Waals surface area contributed by atoms with Gasteiger partial charge in [0.15, 0.2) is 0 Å². The Morgan fingerprint density at radius 2 is 1.63 bits per heavy atom. The van der Waals surface area contributed by atoms with Crippen LogP contribution in [0.4, 0.5) is 10.5 Å². The largest absolute Gasteiger partial charge is 0.488 e. The number of hydrogen-bond donors (Lipinski definition) is 1. The number of urea groups is 1. The fraction of sp³-hybridized carbons (Fsp3) is 0.0435. The van der Waals surface area contributed by atoms with Gasteiger partial charge in [0.2, 0.25) is 0 Å². The molecule has 1 aliphatic heterocycles. The average Bonchev–Trinajstić information content (AvgIpc) is 3.03. The summed E-state index contributed by atoms with van der Waals surface area (Å²) in [5.74, 6) is 0.141. The highest BCUT2D eigenvalue weighted by Crippen LogP contribution is 2.27. The minimum absolute atomic E-state index is 0.175. The maximum atomic E-state index is 12.8. The summed E-state index contributed by atoms with van der Waals surface area (Å²) < 4.78 is 5.92. The summed E-state index contributed by atoms with van der Waals surface area (Å²) >= 11 is 12.0. The molecule has 1 N–H and O–H groups in total. The molecule has 4 rings (SSSR count). The number of anilines is 1. The van der Waals surface area contributed by atoms with E-state index in [2.05, 4.69) is 5.32 Å². The van der Waals surface area contributed by atoms with Gasteiger partial charge in [-0.2, -0.15) is 0 Å². The molecule has 0 spiro atoms. The number of imide groups is 1. The Bertz CT molecular complexity index is 1150. The minimum Gasteiger partial charge on any atom is -0.488 e. The number of nitrogens with one attached hydrogen (secondary N) is 1. The lowest BCUT2D eigenvalue weighted by Gasteiger charge is -2.11. The fourth-order valence-corrected chi connectivity index (χ4v) is 3.34. The molecule has 5 nitrogen and oxygen atoms in total. The Balaban J connectivity index is 1.56. The number of halogens is 2. The van der Waals surface area contributed by atoms with Gasteiger partial charge < -0.3 is 10.1 Å². The van der Waals surface area contributed by atoms with Crippen LogP contribution in [0, 0.1) is 0 Å². The van der Waals surface area contributed by atoms with Crippen LogP contribution in [0.25, 0.3) is 6.08 Å². The first-order valence-corrected chi connectivity index (χ1v) is 9.86. The van der Waals surface area contributed by atoms with Crippen LogP contribution >= 0.6 is 23.2 Å². The van der Waals surface area contributed by atoms with Crippen LogP contribution < -0.4 is 15.0 Å². The van der Waals surface area contributed by atoms with Gasteiger partial charge in [0, 0.05) is 5.56 Å². The molecule has 1 saturated heterocycles. The lowest BCUT2D eigenvalue weighted by atomic mass is 10.1. The van der Waals surface area contributed by atoms with Gasteiger partial charge in [0.1, 0.15) is 18.1 Å². The third-order valence-corrected chi connectivity index (χ3v) is 5.23. The smallest absolute Gasteiger partial charge is 0.333 e. The molecule has 0 saturated carbocycles. The number of benzene rings is 3. The second-order valence-electron chi connectivity index (χ2n) is 6.54. The van der Waals surface area contributed by atoms with E-state index in [1.165, 1.54) is 0 Å². The summed E-state index contributed by atoms with van der Waals surface area (Å²) in [4.78, 5) is 26.2. The van der Waals surface area contributed by atoms with Gasteiger partial charge in [0.05, 0.1) is 15.7 Å². The summed E-state index contributed by atoms with van der Waals surface area (Å²) in [6.45, 7) is 0.271. The minimum atomic E-state index is -0.494. The second-order valence-corrected chi connectivity index (χ2v) is 7.35. The highest BCUT2D eigenvalue weighted by molar-refractivity contribution is 6.42. The predicted molar refractivity (Wildman–Crippen MR) is 118 cm³/mol. The van der Waals surface area contributed by atoms with E-state index in [1.807, 2.05) is 30.3 Å². The highest BCUT2D eigenvalue weighted by atomic mass is 35.5. The lowest BCUT2D eigenvalue weighted by molar-refractivity contribution is -0.113. The molecule has 1 fully saturated rings. The van der Waals surface area contributed by atoms with Gasteiger partial charge in [-0.1, -0.05) is 65.7 Å². The third-order valence-electron chi connectivity index (χ3n) is 4.49. The molecule has 1 heterocycles.